The smallest absolute Gasteiger partial charge is 0.303 e. The summed E-state index contributed by atoms with van der Waals surface area (Å²) < 4.78 is 24.8. The van der Waals surface area contributed by atoms with Crippen LogP contribution in [0.2, 0.25) is 5.02 Å². The Morgan fingerprint density at radius 1 is 1.12 bits per heavy atom. The van der Waals surface area contributed by atoms with E-state index in [0.717, 1.165) is 0 Å². The Morgan fingerprint density at radius 3 is 2.39 bits per heavy atom. The Balaban J connectivity index is 2.06. The first-order valence-corrected chi connectivity index (χ1v) is 11.8. The number of pyridine rings is 1. The molecule has 0 N–H and O–H groups in total. The predicted molar refractivity (Wildman–Crippen MR) is 120 cm³/mol. The molecule has 1 fully saturated rings. The van der Waals surface area contributed by atoms with E-state index in [1.165, 1.54) is 43.4 Å². The van der Waals surface area contributed by atoms with E-state index in [1.54, 1.807) is 24.7 Å². The third kappa shape index (κ3) is 6.92. The number of nitrogens with zero attached hydrogens (tertiary/aromatic N) is 3. The van der Waals surface area contributed by atoms with Crippen LogP contribution in [0.15, 0.2) is 40.2 Å². The molecular weight excluding hydrogens is 542 g/mol. The molecule has 3 rings (SSSR count). The van der Waals surface area contributed by atoms with Crippen molar-refractivity contribution in [3.63, 3.8) is 0 Å². The standard InChI is InChI=1S/C20H21BrClN3O7S/c1-10(26)29-9-16-18(30-11(2)27)17(25-8-13(21)5-24-25)19(31-12(3)28)20(32-16)33-15-4-14(22)6-23-7-15/h4-8,16-20H,9H2,1-3H3/t16?,17?,18-,19?,20+/m0/s1. The number of rotatable bonds is 7. The van der Waals surface area contributed by atoms with Gasteiger partial charge < -0.3 is 18.9 Å². The molecular formula is C20H21BrClN3O7S. The molecule has 0 aliphatic carbocycles. The van der Waals surface area contributed by atoms with Gasteiger partial charge in [-0.05, 0) is 22.0 Å². The van der Waals surface area contributed by atoms with Crippen LogP contribution >= 0.6 is 39.3 Å². The van der Waals surface area contributed by atoms with Gasteiger partial charge in [0.1, 0.15) is 24.2 Å². The highest BCUT2D eigenvalue weighted by molar-refractivity contribution is 9.10. The maximum Gasteiger partial charge on any atom is 0.303 e. The lowest BCUT2D eigenvalue weighted by atomic mass is 9.96. The van der Waals surface area contributed by atoms with Gasteiger partial charge in [-0.3, -0.25) is 24.0 Å². The summed E-state index contributed by atoms with van der Waals surface area (Å²) in [5.74, 6) is -1.67. The SMILES string of the molecule is CC(=O)OCC1O[C@H](Sc2cncc(Cl)c2)C(OC(C)=O)C(n2cc(Br)cn2)[C@H]1OC(C)=O. The Hall–Kier alpha value is -2.15. The van der Waals surface area contributed by atoms with E-state index in [0.29, 0.717) is 14.4 Å². The van der Waals surface area contributed by atoms with E-state index in [2.05, 4.69) is 26.0 Å². The summed E-state index contributed by atoms with van der Waals surface area (Å²) in [4.78, 5) is 40.2. The van der Waals surface area contributed by atoms with E-state index in [-0.39, 0.29) is 6.61 Å². The molecule has 0 radical (unpaired) electrons. The number of hydrogen-bond donors (Lipinski definition) is 0. The summed E-state index contributed by atoms with van der Waals surface area (Å²) in [6, 6.07) is 0.898. The second-order valence-electron chi connectivity index (χ2n) is 7.08. The van der Waals surface area contributed by atoms with Crippen LogP contribution in [-0.4, -0.2) is 63.0 Å². The van der Waals surface area contributed by atoms with Crippen LogP contribution in [0, 0.1) is 0 Å². The fraction of sp³-hybridized carbons (Fsp3) is 0.450. The van der Waals surface area contributed by atoms with E-state index < -0.39 is 47.7 Å². The monoisotopic (exact) mass is 561 g/mol. The number of carbonyl (C=O) groups is 3. The minimum Gasteiger partial charge on any atom is -0.463 e. The second kappa shape index (κ2) is 11.3. The molecule has 0 aromatic carbocycles. The van der Waals surface area contributed by atoms with Gasteiger partial charge in [-0.2, -0.15) is 5.10 Å². The van der Waals surface area contributed by atoms with Crippen LogP contribution < -0.4 is 0 Å². The van der Waals surface area contributed by atoms with Crippen molar-refractivity contribution in [2.75, 3.05) is 6.61 Å². The largest absolute Gasteiger partial charge is 0.463 e. The van der Waals surface area contributed by atoms with Crippen molar-refractivity contribution in [2.45, 2.75) is 55.5 Å². The maximum atomic E-state index is 12.0. The van der Waals surface area contributed by atoms with Gasteiger partial charge in [0.2, 0.25) is 0 Å². The molecule has 33 heavy (non-hydrogen) atoms. The second-order valence-corrected chi connectivity index (χ2v) is 9.60. The summed E-state index contributed by atoms with van der Waals surface area (Å²) in [6.45, 7) is 3.59. The molecule has 5 atom stereocenters. The normalized spacial score (nSPS) is 24.7. The van der Waals surface area contributed by atoms with Crippen molar-refractivity contribution >= 4 is 57.2 Å². The van der Waals surface area contributed by atoms with E-state index in [9.17, 15) is 14.4 Å². The highest BCUT2D eigenvalue weighted by atomic mass is 79.9. The third-order valence-electron chi connectivity index (χ3n) is 4.48. The molecule has 0 spiro atoms. The summed E-state index contributed by atoms with van der Waals surface area (Å²) >= 11 is 10.6. The number of esters is 3. The molecule has 10 nitrogen and oxygen atoms in total. The number of aromatic nitrogens is 3. The number of halogens is 2. The van der Waals surface area contributed by atoms with Gasteiger partial charge in [0.15, 0.2) is 12.2 Å². The lowest BCUT2D eigenvalue weighted by Crippen LogP contribution is -2.57. The number of ether oxygens (including phenoxy) is 4. The van der Waals surface area contributed by atoms with E-state index in [4.69, 9.17) is 30.5 Å². The first-order chi connectivity index (χ1) is 15.6. The van der Waals surface area contributed by atoms with Crippen LogP contribution in [-0.2, 0) is 33.3 Å². The zero-order valence-corrected chi connectivity index (χ0v) is 21.0. The minimum absolute atomic E-state index is 0.191. The molecule has 3 heterocycles. The first kappa shape index (κ1) is 25.5. The van der Waals surface area contributed by atoms with Gasteiger partial charge in [0.25, 0.3) is 0 Å². The third-order valence-corrected chi connectivity index (χ3v) is 6.20. The van der Waals surface area contributed by atoms with Gasteiger partial charge in [0, 0.05) is 44.3 Å². The van der Waals surface area contributed by atoms with Crippen molar-refractivity contribution in [1.29, 1.82) is 0 Å². The average Bonchev–Trinajstić information content (AvgIpc) is 3.14. The summed E-state index contributed by atoms with van der Waals surface area (Å²) in [7, 11) is 0. The van der Waals surface area contributed by atoms with Crippen LogP contribution in [0.3, 0.4) is 0 Å². The number of thioether (sulfide) groups is 1. The molecule has 0 saturated carbocycles. The quantitative estimate of drug-likeness (QED) is 0.368. The fourth-order valence-corrected chi connectivity index (χ4v) is 5.02. The van der Waals surface area contributed by atoms with Crippen LogP contribution in [0.4, 0.5) is 0 Å². The molecule has 0 bridgehead atoms. The zero-order chi connectivity index (χ0) is 24.1. The van der Waals surface area contributed by atoms with Gasteiger partial charge in [-0.1, -0.05) is 23.4 Å². The maximum absolute atomic E-state index is 12.0. The molecule has 1 aliphatic rings. The Labute approximate surface area is 207 Å². The first-order valence-electron chi connectivity index (χ1n) is 9.74. The van der Waals surface area contributed by atoms with Crippen molar-refractivity contribution in [2.24, 2.45) is 0 Å². The lowest BCUT2D eigenvalue weighted by Gasteiger charge is -2.44. The van der Waals surface area contributed by atoms with E-state index in [1.807, 2.05) is 0 Å². The molecule has 2 aromatic rings. The zero-order valence-electron chi connectivity index (χ0n) is 17.8. The molecule has 0 amide bonds. The van der Waals surface area contributed by atoms with Gasteiger partial charge in [0.05, 0.1) is 15.7 Å². The van der Waals surface area contributed by atoms with Crippen LogP contribution in [0.1, 0.15) is 26.8 Å². The summed E-state index contributed by atoms with van der Waals surface area (Å²) in [5.41, 5.74) is -0.797. The van der Waals surface area contributed by atoms with Crippen LogP contribution in [0.25, 0.3) is 0 Å². The Morgan fingerprint density at radius 2 is 1.82 bits per heavy atom. The van der Waals surface area contributed by atoms with Crippen molar-refractivity contribution < 1.29 is 33.3 Å². The molecule has 1 aliphatic heterocycles. The van der Waals surface area contributed by atoms with Crippen molar-refractivity contribution in [3.05, 3.63) is 40.3 Å². The molecule has 2 aromatic heterocycles. The number of carbonyl (C=O) groups excluding carboxylic acids is 3. The minimum atomic E-state index is -0.979. The van der Waals surface area contributed by atoms with E-state index >= 15 is 0 Å². The molecule has 1 saturated heterocycles. The topological polar surface area (TPSA) is 119 Å². The number of hydrogen-bond acceptors (Lipinski definition) is 10. The Bertz CT molecular complexity index is 1020. The molecule has 3 unspecified atom stereocenters. The van der Waals surface area contributed by atoms with Crippen molar-refractivity contribution in [3.8, 4) is 0 Å². The van der Waals surface area contributed by atoms with Crippen LogP contribution in [0.5, 0.6) is 0 Å². The lowest BCUT2D eigenvalue weighted by molar-refractivity contribution is -0.212. The van der Waals surface area contributed by atoms with Crippen molar-refractivity contribution in [1.82, 2.24) is 14.8 Å². The van der Waals surface area contributed by atoms with Gasteiger partial charge in [-0.15, -0.1) is 0 Å². The molecule has 178 valence electrons. The average molecular weight is 563 g/mol. The fourth-order valence-electron chi connectivity index (χ4n) is 3.35. The summed E-state index contributed by atoms with van der Waals surface area (Å²) in [6.07, 6.45) is 3.50. The highest BCUT2D eigenvalue weighted by Gasteiger charge is 2.51. The highest BCUT2D eigenvalue weighted by Crippen LogP contribution is 2.41. The molecule has 13 heteroatoms. The van der Waals surface area contributed by atoms with Gasteiger partial charge in [-0.25, -0.2) is 0 Å². The summed E-state index contributed by atoms with van der Waals surface area (Å²) in [5, 5.41) is 4.74. The predicted octanol–water partition coefficient (Wildman–Crippen LogP) is 3.18. The Kier molecular flexibility index (Phi) is 8.74. The van der Waals surface area contributed by atoms with Gasteiger partial charge >= 0.3 is 17.9 Å².